The molecule has 402 valence electrons. The Balaban J connectivity index is -0.0000000669. The first-order valence-electron chi connectivity index (χ1n) is 30.7. The van der Waals surface area contributed by atoms with Crippen LogP contribution < -0.4 is 17.0 Å². The molecular weight excluding hydrogens is 929 g/mol. The minimum atomic E-state index is -0.937. The van der Waals surface area contributed by atoms with Gasteiger partial charge < -0.3 is 46.5 Å². The Morgan fingerprint density at radius 1 is 0.672 bits per heavy atom. The summed E-state index contributed by atoms with van der Waals surface area (Å²) in [5.41, 5.74) is -1.89. The van der Waals surface area contributed by atoms with Gasteiger partial charge in [0.1, 0.15) is 11.2 Å². The van der Waals surface area contributed by atoms with E-state index in [9.17, 15) is 39.3 Å². The number of aliphatic carboxylic acids is 2. The first kappa shape index (κ1) is 58.7. The largest absolute Gasteiger partial charge is 2.00 e. The van der Waals surface area contributed by atoms with Gasteiger partial charge in [0.2, 0.25) is 0 Å². The van der Waals surface area contributed by atoms with Crippen LogP contribution >= 0.6 is 0 Å². The van der Waals surface area contributed by atoms with Crippen molar-refractivity contribution in [2.24, 2.45) is 40.4 Å². The fourth-order valence-electron chi connectivity index (χ4n) is 7.95. The Kier molecular flexibility index (Phi) is 31.8. The number of unbranched alkanes of at least 4 members (excludes halogenated alkanes) is 3. The van der Waals surface area contributed by atoms with Crippen molar-refractivity contribution >= 4 is 52.9 Å². The van der Waals surface area contributed by atoms with E-state index in [1.54, 1.807) is 6.92 Å². The molecule has 13 heteroatoms. The normalized spacial score (nSPS) is 24.1. The van der Waals surface area contributed by atoms with E-state index < -0.39 is 34.6 Å². The van der Waals surface area contributed by atoms with Gasteiger partial charge in [-0.15, -0.1) is 19.7 Å². The van der Waals surface area contributed by atoms with Gasteiger partial charge in [-0.05, 0) is 113 Å². The summed E-state index contributed by atoms with van der Waals surface area (Å²) in [5.74, 6) is -2.80. The number of allylic oxidation sites excluding steroid dienone is 4. The number of carbonyl (C=O) groups excluding carboxylic acids is 3. The minimum absolute atomic E-state index is 0. The zero-order valence-corrected chi connectivity index (χ0v) is 46.2. The maximum atomic E-state index is 12.2. The van der Waals surface area contributed by atoms with Gasteiger partial charge in [-0.2, -0.15) is 0 Å². The van der Waals surface area contributed by atoms with Crippen molar-refractivity contribution in [3.05, 3.63) is 57.5 Å². The van der Waals surface area contributed by atoms with Crippen LogP contribution in [0.5, 0.6) is 0 Å². The third-order valence-electron chi connectivity index (χ3n) is 12.8. The van der Waals surface area contributed by atoms with E-state index in [-0.39, 0.29) is 96.4 Å². The molecule has 3 N–H and O–H groups in total. The van der Waals surface area contributed by atoms with Crippen molar-refractivity contribution in [1.29, 1.82) is 0 Å². The molecule has 3 aliphatic rings. The number of esters is 3. The van der Waals surface area contributed by atoms with E-state index in [1.165, 1.54) is 26.0 Å². The van der Waals surface area contributed by atoms with Gasteiger partial charge in [0.15, 0.2) is 0 Å². The second-order valence-corrected chi connectivity index (χ2v) is 19.7. The number of ether oxygens (including phenoxy) is 3. The SMILES string of the molecule is C.C=CCCC[C@@H]1C[C@@]1(CC)OC(=O)C[C@H](C(=O)O)C(C)(C)C.C=CCCC[C@@H]1C[C@]1(O)CC.C=CCCC[C@H]1C[C@]1(CC)OC(=O)C[C@H](C(=O)O)C(C)(C)C.C=C[CH2-].CCC(=O)OC.[2HH].[2H][2H].[2H][2H].[2H][2H].[2H][2H].[2H][2H].[2H][2H].[2H][2H].[Br-].[Mg+2]. The summed E-state index contributed by atoms with van der Waals surface area (Å²) >= 11 is 0. The Bertz CT molecular complexity index is 1440. The van der Waals surface area contributed by atoms with E-state index in [1.807, 2.05) is 73.6 Å². The van der Waals surface area contributed by atoms with Crippen LogP contribution in [0.3, 0.4) is 0 Å². The number of carboxylic acids is 2. The summed E-state index contributed by atoms with van der Waals surface area (Å²) < 4.78 is 85.6. The molecule has 0 saturated heterocycles. The number of carbonyl (C=O) groups is 5. The van der Waals surface area contributed by atoms with E-state index >= 15 is 0 Å². The molecule has 0 aromatic heterocycles. The van der Waals surface area contributed by atoms with Crippen LogP contribution in [0, 0.1) is 47.3 Å². The molecule has 0 aromatic carbocycles. The van der Waals surface area contributed by atoms with Crippen LogP contribution in [0.2, 0.25) is 0 Å². The molecule has 67 heavy (non-hydrogen) atoms. The van der Waals surface area contributed by atoms with E-state index in [0.29, 0.717) is 24.2 Å². The van der Waals surface area contributed by atoms with E-state index in [2.05, 4.69) is 44.9 Å². The summed E-state index contributed by atoms with van der Waals surface area (Å²) in [7, 11) is 1.38. The molecule has 0 heterocycles. The first-order chi connectivity index (χ1) is 36.8. The number of rotatable bonds is 24. The third-order valence-corrected chi connectivity index (χ3v) is 12.8. The average Bonchev–Trinajstić information content (AvgIpc) is 4.40. The van der Waals surface area contributed by atoms with Crippen molar-refractivity contribution in [2.45, 2.75) is 209 Å². The van der Waals surface area contributed by atoms with Gasteiger partial charge in [-0.25, -0.2) is 19.6 Å². The predicted octanol–water partition coefficient (Wildman–Crippen LogP) is 11.7. The molecule has 8 atom stereocenters. The third kappa shape index (κ3) is 29.2. The van der Waals surface area contributed by atoms with E-state index in [0.717, 1.165) is 83.5 Å². The topological polar surface area (TPSA) is 174 Å². The summed E-state index contributed by atoms with van der Waals surface area (Å²) in [6, 6.07) is 0. The molecule has 3 fully saturated rings. The van der Waals surface area contributed by atoms with Crippen molar-refractivity contribution in [2.75, 3.05) is 7.11 Å². The summed E-state index contributed by atoms with van der Waals surface area (Å²) in [5, 5.41) is 28.3. The van der Waals surface area contributed by atoms with Crippen LogP contribution in [0.25, 0.3) is 0 Å². The van der Waals surface area contributed by atoms with Gasteiger partial charge >= 0.3 is 52.9 Å². The zero-order valence-electron chi connectivity index (χ0n) is 57.2. The molecule has 0 amide bonds. The van der Waals surface area contributed by atoms with Crippen LogP contribution in [0.1, 0.15) is 214 Å². The molecule has 0 aromatic rings. The smallest absolute Gasteiger partial charge is 1.00 e. The number of methoxy groups -OCH3 is 1. The average molecular weight is 1060 g/mol. The Morgan fingerprint density at radius 2 is 0.985 bits per heavy atom. The number of carboxylic acid groups (broad SMARTS) is 2. The summed E-state index contributed by atoms with van der Waals surface area (Å²) in [4.78, 5) is 57.1. The molecule has 0 spiro atoms. The van der Waals surface area contributed by atoms with Gasteiger partial charge in [0.05, 0.1) is 37.4 Å². The second-order valence-electron chi connectivity index (χ2n) is 19.7. The first-order valence-corrected chi connectivity index (χ1v) is 23.7. The van der Waals surface area contributed by atoms with Gasteiger partial charge in [-0.3, -0.25) is 24.0 Å². The van der Waals surface area contributed by atoms with Crippen molar-refractivity contribution < 1.29 is 92.7 Å². The fraction of sp³-hybridized carbons (Fsp3) is 0.741. The number of hydrogen-bond donors (Lipinski definition) is 3. The quantitative estimate of drug-likeness (QED) is 0.0210. The van der Waals surface area contributed by atoms with Crippen molar-refractivity contribution in [3.8, 4) is 0 Å². The van der Waals surface area contributed by atoms with E-state index in [4.69, 9.17) is 30.3 Å². The summed E-state index contributed by atoms with van der Waals surface area (Å²) in [6.45, 7) is 36.5. The molecule has 0 bridgehead atoms. The number of aliphatic hydroxyl groups is 1. The van der Waals surface area contributed by atoms with Gasteiger partial charge in [0, 0.05) is 40.5 Å². The Morgan fingerprint density at radius 3 is 1.18 bits per heavy atom. The van der Waals surface area contributed by atoms with Gasteiger partial charge in [-0.1, -0.05) is 94.9 Å². The van der Waals surface area contributed by atoms with Crippen LogP contribution in [0.4, 0.5) is 0 Å². The molecule has 0 radical (unpaired) electrons. The fourth-order valence-corrected chi connectivity index (χ4v) is 7.95. The minimum Gasteiger partial charge on any atom is -1.00 e. The standard InChI is InChI=1S/2C18H30O4.C10H18O.C4H8O2.C3H5.CH4.BrH.Mg.8H2/c2*1-6-8-9-10-13-12-18(13,7-2)22-15(19)11-14(16(20)21)17(3,4)5;1-3-5-6-7-9-8-10(9,11)4-2;1-3-4(5)6-2;1-3-2;;;;;;;;;;;/h2*6,13-14H,1,7-12H2,2-5H3,(H,20,21);3,9,11H,1,4-8H2,2H3;3H2,1-2H3;3H,1-2H2;1H4;1H;;8*1H/q;;;;-1;;;+2;;;;;;;;/p-1/t13-,14+,18-;13-,14-,18-;9-,10-;;;;;;;;;;;;;/m011............./s1/i;;;;;;;;7*1+1D;1+1. The zero-order chi connectivity index (χ0) is 64.0. The number of halogens is 1. The van der Waals surface area contributed by atoms with Gasteiger partial charge in [0.25, 0.3) is 0 Å². The molecule has 11 nitrogen and oxygen atoms in total. The maximum absolute atomic E-state index is 12.2. The van der Waals surface area contributed by atoms with Crippen LogP contribution in [-0.2, 0) is 38.2 Å². The van der Waals surface area contributed by atoms with Crippen molar-refractivity contribution in [3.63, 3.8) is 0 Å². The molecule has 3 rings (SSSR count). The second kappa shape index (κ2) is 36.3. The Labute approximate surface area is 458 Å². The maximum Gasteiger partial charge on any atom is 2.00 e. The Hall–Kier alpha value is -2.61. The molecule has 0 unspecified atom stereocenters. The van der Waals surface area contributed by atoms with Crippen LogP contribution in [-0.4, -0.2) is 92.1 Å². The molecule has 3 saturated carbocycles. The predicted molar refractivity (Wildman–Crippen MR) is 288 cm³/mol. The van der Waals surface area contributed by atoms with Crippen LogP contribution in [0.15, 0.2) is 50.6 Å². The van der Waals surface area contributed by atoms with Crippen molar-refractivity contribution in [1.82, 2.24) is 0 Å². The molecular formula is C54H111BrMgO11. The summed E-state index contributed by atoms with van der Waals surface area (Å²) in [6.07, 6.45) is 22.6. The molecule has 0 aliphatic heterocycles. The monoisotopic (exact) mass is 1050 g/mol. The molecule has 3 aliphatic carbocycles. The number of hydrogen-bond acceptors (Lipinski definition) is 9.